The molecule has 0 N–H and O–H groups in total. The van der Waals surface area contributed by atoms with Gasteiger partial charge in [-0.05, 0) is 57.4 Å². The van der Waals surface area contributed by atoms with Crippen molar-refractivity contribution in [2.24, 2.45) is 0 Å². The number of aromatic nitrogens is 1. The summed E-state index contributed by atoms with van der Waals surface area (Å²) >= 11 is 8.43. The molecule has 0 aromatic carbocycles. The van der Waals surface area contributed by atoms with E-state index in [4.69, 9.17) is 31.1 Å². The molecule has 0 radical (unpaired) electrons. The largest absolute Gasteiger partial charge is 0.464 e. The SMILES string of the molecule is CSC(=S)OC1(c2ncc(CO[Si](C)(C)C(C)(C)C)s2)CCN(C(=O)OC(C)(C)C)CC1. The summed E-state index contributed by atoms with van der Waals surface area (Å²) in [6.45, 7) is 18.5. The van der Waals surface area contributed by atoms with Gasteiger partial charge in [0.25, 0.3) is 0 Å². The maximum atomic E-state index is 12.5. The smallest absolute Gasteiger partial charge is 0.410 e. The van der Waals surface area contributed by atoms with E-state index >= 15 is 0 Å². The molecule has 182 valence electrons. The van der Waals surface area contributed by atoms with Crippen LogP contribution in [-0.4, -0.2) is 53.6 Å². The van der Waals surface area contributed by atoms with Crippen molar-refractivity contribution in [2.45, 2.75) is 90.3 Å². The molecule has 6 nitrogen and oxygen atoms in total. The lowest BCUT2D eigenvalue weighted by Gasteiger charge is -2.40. The second-order valence-corrected chi connectivity index (χ2v) is 18.0. The summed E-state index contributed by atoms with van der Waals surface area (Å²) in [5.74, 6) is 0. The van der Waals surface area contributed by atoms with Crippen molar-refractivity contribution in [2.75, 3.05) is 19.3 Å². The minimum absolute atomic E-state index is 0.157. The molecule has 0 unspecified atom stereocenters. The lowest BCUT2D eigenvalue weighted by molar-refractivity contribution is -0.0234. The molecule has 1 fully saturated rings. The van der Waals surface area contributed by atoms with Crippen molar-refractivity contribution in [1.29, 1.82) is 0 Å². The Labute approximate surface area is 207 Å². The number of carbonyl (C=O) groups excluding carboxylic acids is 1. The lowest BCUT2D eigenvalue weighted by Crippen LogP contribution is -2.48. The van der Waals surface area contributed by atoms with Crippen LogP contribution in [0.1, 0.15) is 64.3 Å². The molecule has 2 heterocycles. The van der Waals surface area contributed by atoms with Gasteiger partial charge < -0.3 is 18.8 Å². The molecule has 0 aliphatic carbocycles. The topological polar surface area (TPSA) is 60.9 Å². The van der Waals surface area contributed by atoms with E-state index in [1.165, 1.54) is 11.8 Å². The van der Waals surface area contributed by atoms with E-state index in [2.05, 4.69) is 33.9 Å². The predicted octanol–water partition coefficient (Wildman–Crippen LogP) is 6.56. The van der Waals surface area contributed by atoms with Crippen molar-refractivity contribution in [1.82, 2.24) is 9.88 Å². The zero-order chi connectivity index (χ0) is 24.4. The number of nitrogens with zero attached hydrogens (tertiary/aromatic N) is 2. The zero-order valence-electron chi connectivity index (χ0n) is 20.9. The highest BCUT2D eigenvalue weighted by molar-refractivity contribution is 8.22. The first-order chi connectivity index (χ1) is 14.6. The van der Waals surface area contributed by atoms with Gasteiger partial charge in [-0.25, -0.2) is 9.78 Å². The molecule has 10 heteroatoms. The van der Waals surface area contributed by atoms with Gasteiger partial charge in [0.05, 0.1) is 6.61 Å². The van der Waals surface area contributed by atoms with E-state index in [0.717, 1.165) is 9.88 Å². The Morgan fingerprint density at radius 2 is 1.84 bits per heavy atom. The Morgan fingerprint density at radius 3 is 2.34 bits per heavy atom. The van der Waals surface area contributed by atoms with Gasteiger partial charge in [-0.1, -0.05) is 32.5 Å². The Kier molecular flexibility index (Phi) is 8.86. The molecule has 1 aliphatic rings. The number of rotatable bonds is 5. The molecular formula is C22H38N2O4S3Si. The Hall–Kier alpha value is -0.683. The van der Waals surface area contributed by atoms with E-state index in [9.17, 15) is 4.79 Å². The Bertz CT molecular complexity index is 807. The Morgan fingerprint density at radius 1 is 1.25 bits per heavy atom. The molecule has 0 atom stereocenters. The van der Waals surface area contributed by atoms with Crippen molar-refractivity contribution in [3.05, 3.63) is 16.1 Å². The van der Waals surface area contributed by atoms with Crippen LogP contribution in [0.15, 0.2) is 6.20 Å². The van der Waals surface area contributed by atoms with E-state index in [0.29, 0.717) is 36.9 Å². The summed E-state index contributed by atoms with van der Waals surface area (Å²) in [5.41, 5.74) is -1.14. The summed E-state index contributed by atoms with van der Waals surface area (Å²) in [6, 6.07) is 0. The fourth-order valence-electron chi connectivity index (χ4n) is 2.99. The van der Waals surface area contributed by atoms with Crippen LogP contribution >= 0.6 is 35.3 Å². The number of hydrogen-bond acceptors (Lipinski definition) is 8. The summed E-state index contributed by atoms with van der Waals surface area (Å²) in [4.78, 5) is 20.0. The van der Waals surface area contributed by atoms with E-state index in [1.54, 1.807) is 16.2 Å². The first-order valence-electron chi connectivity index (χ1n) is 10.9. The van der Waals surface area contributed by atoms with Gasteiger partial charge in [-0.3, -0.25) is 0 Å². The number of likely N-dealkylation sites (tertiary alicyclic amines) is 1. The third kappa shape index (κ3) is 7.16. The van der Waals surface area contributed by atoms with E-state index in [1.807, 2.05) is 33.2 Å². The molecule has 1 aliphatic heterocycles. The summed E-state index contributed by atoms with van der Waals surface area (Å²) in [5, 5.41) is 1.05. The van der Waals surface area contributed by atoms with Gasteiger partial charge in [0.1, 0.15) is 10.6 Å². The monoisotopic (exact) mass is 518 g/mol. The highest BCUT2D eigenvalue weighted by Gasteiger charge is 2.44. The molecule has 1 amide bonds. The predicted molar refractivity (Wildman–Crippen MR) is 140 cm³/mol. The molecule has 0 saturated carbocycles. The lowest BCUT2D eigenvalue weighted by atomic mass is 9.92. The summed E-state index contributed by atoms with van der Waals surface area (Å²) < 4.78 is 18.7. The molecular weight excluding hydrogens is 481 g/mol. The normalized spacial score (nSPS) is 17.2. The number of thiocarbonyl (C=S) groups is 1. The highest BCUT2D eigenvalue weighted by Crippen LogP contribution is 2.41. The summed E-state index contributed by atoms with van der Waals surface area (Å²) in [6.07, 6.45) is 4.74. The van der Waals surface area contributed by atoms with Crippen molar-refractivity contribution >= 4 is 54.1 Å². The van der Waals surface area contributed by atoms with Crippen LogP contribution in [0.2, 0.25) is 18.1 Å². The number of piperidine rings is 1. The fourth-order valence-corrected chi connectivity index (χ4v) is 5.46. The number of hydrogen-bond donors (Lipinski definition) is 0. The van der Waals surface area contributed by atoms with E-state index in [-0.39, 0.29) is 11.1 Å². The van der Waals surface area contributed by atoms with Gasteiger partial charge in [0.15, 0.2) is 13.9 Å². The molecule has 1 aromatic rings. The minimum atomic E-state index is -1.84. The number of thiazole rings is 1. The molecule has 1 aromatic heterocycles. The fraction of sp³-hybridized carbons (Fsp3) is 0.773. The quantitative estimate of drug-likeness (QED) is 0.323. The Balaban J connectivity index is 2.15. The average Bonchev–Trinajstić information content (AvgIpc) is 3.14. The van der Waals surface area contributed by atoms with Gasteiger partial charge >= 0.3 is 6.09 Å². The highest BCUT2D eigenvalue weighted by atomic mass is 32.2. The van der Waals surface area contributed by atoms with Crippen LogP contribution in [0.4, 0.5) is 4.79 Å². The number of amides is 1. The second-order valence-electron chi connectivity index (χ2n) is 10.7. The van der Waals surface area contributed by atoms with Crippen LogP contribution in [0, 0.1) is 0 Å². The van der Waals surface area contributed by atoms with Crippen LogP contribution in [0.3, 0.4) is 0 Å². The first kappa shape index (κ1) is 27.6. The van der Waals surface area contributed by atoms with E-state index < -0.39 is 19.5 Å². The van der Waals surface area contributed by atoms with Crippen LogP contribution in [0.25, 0.3) is 0 Å². The third-order valence-corrected chi connectivity index (χ3v) is 12.6. The van der Waals surface area contributed by atoms with Crippen molar-refractivity contribution < 1.29 is 18.7 Å². The van der Waals surface area contributed by atoms with Crippen molar-refractivity contribution in [3.8, 4) is 0 Å². The minimum Gasteiger partial charge on any atom is -0.464 e. The number of ether oxygens (including phenoxy) is 2. The first-order valence-corrected chi connectivity index (χ1v) is 16.3. The van der Waals surface area contributed by atoms with Crippen LogP contribution in [-0.2, 0) is 26.1 Å². The van der Waals surface area contributed by atoms with Crippen molar-refractivity contribution in [3.63, 3.8) is 0 Å². The average molecular weight is 519 g/mol. The molecule has 0 spiro atoms. The van der Waals surface area contributed by atoms with Gasteiger partial charge in [0.2, 0.25) is 4.38 Å². The molecule has 2 rings (SSSR count). The standard InChI is InChI=1S/C22H38N2O4S3Si/c1-20(2,3)27-18(25)24-12-10-22(11-13-24,28-19(29)30-7)17-23-14-16(31-17)15-26-32(8,9)21(4,5)6/h14H,10-13,15H2,1-9H3. The second kappa shape index (κ2) is 10.3. The van der Waals surface area contributed by atoms with Crippen LogP contribution < -0.4 is 0 Å². The maximum absolute atomic E-state index is 12.5. The molecule has 1 saturated heterocycles. The third-order valence-electron chi connectivity index (χ3n) is 5.99. The van der Waals surface area contributed by atoms with Crippen LogP contribution in [0.5, 0.6) is 0 Å². The molecule has 32 heavy (non-hydrogen) atoms. The van der Waals surface area contributed by atoms with Gasteiger partial charge in [-0.15, -0.1) is 11.3 Å². The summed E-state index contributed by atoms with van der Waals surface area (Å²) in [7, 11) is -1.84. The maximum Gasteiger partial charge on any atom is 0.410 e. The molecule has 0 bridgehead atoms. The zero-order valence-corrected chi connectivity index (χ0v) is 24.3. The van der Waals surface area contributed by atoms with Gasteiger partial charge in [-0.2, -0.15) is 0 Å². The number of thioether (sulfide) groups is 1. The number of carbonyl (C=O) groups is 1. The van der Waals surface area contributed by atoms with Gasteiger partial charge in [0, 0.05) is 37.0 Å².